The van der Waals surface area contributed by atoms with Gasteiger partial charge in [0.1, 0.15) is 5.75 Å². The molecule has 0 aromatic heterocycles. The molecular formula is C16H12F3NO4S. The van der Waals surface area contributed by atoms with Gasteiger partial charge >= 0.3 is 18.2 Å². The van der Waals surface area contributed by atoms with E-state index in [-0.39, 0.29) is 5.75 Å². The van der Waals surface area contributed by atoms with E-state index in [0.717, 1.165) is 7.11 Å². The molecule has 2 rings (SSSR count). The van der Waals surface area contributed by atoms with Gasteiger partial charge in [-0.2, -0.15) is 0 Å². The summed E-state index contributed by atoms with van der Waals surface area (Å²) in [5.74, 6) is -2.29. The van der Waals surface area contributed by atoms with Gasteiger partial charge in [-0.3, -0.25) is 4.79 Å². The lowest BCUT2D eigenvalue weighted by molar-refractivity contribution is -0.274. The van der Waals surface area contributed by atoms with Crippen molar-refractivity contribution in [2.75, 3.05) is 12.4 Å². The average Bonchev–Trinajstić information content (AvgIpc) is 2.56. The average molecular weight is 371 g/mol. The van der Waals surface area contributed by atoms with Crippen molar-refractivity contribution in [1.29, 1.82) is 0 Å². The summed E-state index contributed by atoms with van der Waals surface area (Å²) in [7, 11) is 1.09. The molecule has 0 saturated carbocycles. The molecule has 0 aliphatic carbocycles. The molecule has 0 bridgehead atoms. The second-order valence-corrected chi connectivity index (χ2v) is 5.68. The van der Waals surface area contributed by atoms with Crippen LogP contribution in [-0.2, 0) is 14.3 Å². The summed E-state index contributed by atoms with van der Waals surface area (Å²) in [6.45, 7) is 0. The van der Waals surface area contributed by atoms with Crippen LogP contribution in [0.5, 0.6) is 5.75 Å². The lowest BCUT2D eigenvalue weighted by Crippen LogP contribution is -2.24. The Balaban J connectivity index is 2.12. The Morgan fingerprint density at radius 2 is 1.68 bits per heavy atom. The molecule has 0 heterocycles. The lowest BCUT2D eigenvalue weighted by atomic mass is 10.3. The fourth-order valence-electron chi connectivity index (χ4n) is 1.76. The molecule has 0 fully saturated rings. The number of para-hydroxylation sites is 1. The Labute approximate surface area is 145 Å². The first-order valence-electron chi connectivity index (χ1n) is 6.80. The number of methoxy groups -OCH3 is 1. The van der Waals surface area contributed by atoms with Crippen LogP contribution in [0.25, 0.3) is 0 Å². The highest BCUT2D eigenvalue weighted by atomic mass is 32.2. The molecule has 2 aromatic carbocycles. The van der Waals surface area contributed by atoms with Gasteiger partial charge in [0, 0.05) is 9.79 Å². The number of amides is 1. The van der Waals surface area contributed by atoms with Gasteiger partial charge in [0.15, 0.2) is 0 Å². The number of benzene rings is 2. The van der Waals surface area contributed by atoms with Gasteiger partial charge in [0.2, 0.25) is 0 Å². The highest BCUT2D eigenvalue weighted by Crippen LogP contribution is 2.34. The fraction of sp³-hybridized carbons (Fsp3) is 0.125. The first-order valence-corrected chi connectivity index (χ1v) is 7.62. The number of carbonyl (C=O) groups is 2. The molecule has 2 aromatic rings. The normalized spacial score (nSPS) is 10.9. The molecule has 0 aliphatic heterocycles. The van der Waals surface area contributed by atoms with E-state index in [0.29, 0.717) is 15.5 Å². The molecule has 5 nitrogen and oxygen atoms in total. The van der Waals surface area contributed by atoms with E-state index in [1.807, 2.05) is 0 Å². The number of hydrogen-bond donors (Lipinski definition) is 1. The standard InChI is InChI=1S/C16H12F3NO4S/c1-23-15(22)14(21)20-12-4-2-3-5-13(12)25-11-8-6-10(7-9-11)24-16(17,18)19/h2-9H,1H3,(H,20,21). The summed E-state index contributed by atoms with van der Waals surface area (Å²) in [5, 5.41) is 2.42. The zero-order valence-corrected chi connectivity index (χ0v) is 13.6. The van der Waals surface area contributed by atoms with Gasteiger partial charge in [-0.25, -0.2) is 4.79 Å². The monoisotopic (exact) mass is 371 g/mol. The fourth-order valence-corrected chi connectivity index (χ4v) is 2.66. The first-order chi connectivity index (χ1) is 11.8. The quantitative estimate of drug-likeness (QED) is 0.653. The Bertz CT molecular complexity index is 763. The molecule has 0 unspecified atom stereocenters. The molecule has 1 amide bonds. The van der Waals surface area contributed by atoms with Gasteiger partial charge < -0.3 is 14.8 Å². The van der Waals surface area contributed by atoms with Crippen molar-refractivity contribution in [3.05, 3.63) is 48.5 Å². The summed E-state index contributed by atoms with van der Waals surface area (Å²) < 4.78 is 44.6. The number of halogens is 3. The van der Waals surface area contributed by atoms with Crippen LogP contribution < -0.4 is 10.1 Å². The third kappa shape index (κ3) is 5.71. The van der Waals surface area contributed by atoms with E-state index in [1.165, 1.54) is 36.0 Å². The zero-order chi connectivity index (χ0) is 18.4. The minimum absolute atomic E-state index is 0.330. The number of alkyl halides is 3. The second-order valence-electron chi connectivity index (χ2n) is 4.56. The molecule has 9 heteroatoms. The Morgan fingerprint density at radius 3 is 2.28 bits per heavy atom. The van der Waals surface area contributed by atoms with Crippen LogP contribution in [0.4, 0.5) is 18.9 Å². The molecule has 1 N–H and O–H groups in total. The molecular weight excluding hydrogens is 359 g/mol. The minimum Gasteiger partial charge on any atom is -0.462 e. The summed E-state index contributed by atoms with van der Waals surface area (Å²) in [6.07, 6.45) is -4.75. The zero-order valence-electron chi connectivity index (χ0n) is 12.8. The van der Waals surface area contributed by atoms with Gasteiger partial charge in [0.25, 0.3) is 0 Å². The minimum atomic E-state index is -4.75. The van der Waals surface area contributed by atoms with E-state index >= 15 is 0 Å². The smallest absolute Gasteiger partial charge is 0.462 e. The van der Waals surface area contributed by atoms with Crippen molar-refractivity contribution in [2.45, 2.75) is 16.2 Å². The van der Waals surface area contributed by atoms with E-state index in [2.05, 4.69) is 14.8 Å². The third-order valence-corrected chi connectivity index (χ3v) is 3.87. The maximum atomic E-state index is 12.2. The van der Waals surface area contributed by atoms with Gasteiger partial charge in [0.05, 0.1) is 12.8 Å². The first kappa shape index (κ1) is 18.7. The Morgan fingerprint density at radius 1 is 1.04 bits per heavy atom. The molecule has 0 atom stereocenters. The SMILES string of the molecule is COC(=O)C(=O)Nc1ccccc1Sc1ccc(OC(F)(F)F)cc1. The van der Waals surface area contributed by atoms with Crippen molar-refractivity contribution in [3.63, 3.8) is 0 Å². The summed E-state index contributed by atoms with van der Waals surface area (Å²) >= 11 is 1.20. The summed E-state index contributed by atoms with van der Waals surface area (Å²) in [6, 6.07) is 11.9. The number of ether oxygens (including phenoxy) is 2. The van der Waals surface area contributed by atoms with Crippen molar-refractivity contribution in [1.82, 2.24) is 0 Å². The van der Waals surface area contributed by atoms with Crippen molar-refractivity contribution in [2.24, 2.45) is 0 Å². The van der Waals surface area contributed by atoms with Crippen LogP contribution in [-0.4, -0.2) is 25.3 Å². The Hall–Kier alpha value is -2.68. The highest BCUT2D eigenvalue weighted by molar-refractivity contribution is 7.99. The molecule has 0 spiro atoms. The number of rotatable bonds is 4. The molecule has 25 heavy (non-hydrogen) atoms. The Kier molecular flexibility index (Phi) is 5.92. The maximum Gasteiger partial charge on any atom is 0.573 e. The second kappa shape index (κ2) is 7.93. The number of nitrogens with one attached hydrogen (secondary N) is 1. The van der Waals surface area contributed by atoms with Crippen LogP contribution in [0, 0.1) is 0 Å². The third-order valence-electron chi connectivity index (χ3n) is 2.79. The topological polar surface area (TPSA) is 64.6 Å². The largest absolute Gasteiger partial charge is 0.573 e. The van der Waals surface area contributed by atoms with Crippen LogP contribution >= 0.6 is 11.8 Å². The maximum absolute atomic E-state index is 12.2. The van der Waals surface area contributed by atoms with Crippen LogP contribution in [0.2, 0.25) is 0 Å². The van der Waals surface area contributed by atoms with E-state index in [1.54, 1.807) is 24.3 Å². The molecule has 0 aliphatic rings. The van der Waals surface area contributed by atoms with E-state index in [9.17, 15) is 22.8 Å². The van der Waals surface area contributed by atoms with E-state index < -0.39 is 18.2 Å². The van der Waals surface area contributed by atoms with Crippen molar-refractivity contribution < 1.29 is 32.2 Å². The van der Waals surface area contributed by atoms with Gasteiger partial charge in [-0.05, 0) is 36.4 Å². The summed E-state index contributed by atoms with van der Waals surface area (Å²) in [5.41, 5.74) is 0.374. The van der Waals surface area contributed by atoms with Gasteiger partial charge in [-0.1, -0.05) is 23.9 Å². The predicted octanol–water partition coefficient (Wildman–Crippen LogP) is 3.85. The van der Waals surface area contributed by atoms with Crippen molar-refractivity contribution in [3.8, 4) is 5.75 Å². The van der Waals surface area contributed by atoms with E-state index in [4.69, 9.17) is 0 Å². The number of hydrogen-bond acceptors (Lipinski definition) is 5. The van der Waals surface area contributed by atoms with Crippen LogP contribution in [0.3, 0.4) is 0 Å². The lowest BCUT2D eigenvalue weighted by Gasteiger charge is -2.11. The summed E-state index contributed by atoms with van der Waals surface area (Å²) in [4.78, 5) is 24.0. The molecule has 0 saturated heterocycles. The van der Waals surface area contributed by atoms with Crippen molar-refractivity contribution >= 4 is 29.3 Å². The van der Waals surface area contributed by atoms with Crippen LogP contribution in [0.15, 0.2) is 58.3 Å². The molecule has 0 radical (unpaired) electrons. The number of anilines is 1. The van der Waals surface area contributed by atoms with Gasteiger partial charge in [-0.15, -0.1) is 13.2 Å². The highest BCUT2D eigenvalue weighted by Gasteiger charge is 2.30. The number of carbonyl (C=O) groups excluding carboxylic acids is 2. The predicted molar refractivity (Wildman–Crippen MR) is 84.3 cm³/mol. The number of esters is 1. The van der Waals surface area contributed by atoms with Crippen LogP contribution in [0.1, 0.15) is 0 Å². The molecule has 132 valence electrons.